The van der Waals surface area contributed by atoms with Crippen LogP contribution in [0.2, 0.25) is 0 Å². The van der Waals surface area contributed by atoms with Gasteiger partial charge in [-0.05, 0) is 12.1 Å². The number of hydrogen-bond donors (Lipinski definition) is 1. The SMILES string of the molecule is COc1cc(OC)cc(C(=O)Nc2c(C#N)cnn2C)c1. The first kappa shape index (κ1) is 14.4. The molecule has 0 saturated carbocycles. The lowest BCUT2D eigenvalue weighted by molar-refractivity contribution is 0.102. The molecule has 1 heterocycles. The van der Waals surface area contributed by atoms with Crippen molar-refractivity contribution in [3.63, 3.8) is 0 Å². The summed E-state index contributed by atoms with van der Waals surface area (Å²) < 4.78 is 11.7. The number of methoxy groups -OCH3 is 2. The maximum Gasteiger partial charge on any atom is 0.257 e. The van der Waals surface area contributed by atoms with Gasteiger partial charge in [-0.2, -0.15) is 10.4 Å². The van der Waals surface area contributed by atoms with E-state index in [-0.39, 0.29) is 5.91 Å². The van der Waals surface area contributed by atoms with E-state index in [9.17, 15) is 4.79 Å². The molecule has 0 bridgehead atoms. The van der Waals surface area contributed by atoms with Crippen LogP contribution < -0.4 is 14.8 Å². The van der Waals surface area contributed by atoms with Crippen LogP contribution in [-0.2, 0) is 7.05 Å². The van der Waals surface area contributed by atoms with Crippen LogP contribution in [0.5, 0.6) is 11.5 Å². The molecule has 0 aliphatic heterocycles. The fourth-order valence-corrected chi connectivity index (χ4v) is 1.79. The second-order valence-corrected chi connectivity index (χ2v) is 4.20. The van der Waals surface area contributed by atoms with Gasteiger partial charge in [-0.25, -0.2) is 0 Å². The number of nitriles is 1. The Hall–Kier alpha value is -3.01. The molecular weight excluding hydrogens is 272 g/mol. The van der Waals surface area contributed by atoms with E-state index >= 15 is 0 Å². The number of nitrogens with zero attached hydrogens (tertiary/aromatic N) is 3. The Balaban J connectivity index is 2.32. The maximum atomic E-state index is 12.3. The lowest BCUT2D eigenvalue weighted by Gasteiger charge is -2.09. The molecule has 0 unspecified atom stereocenters. The first-order valence-corrected chi connectivity index (χ1v) is 6.05. The maximum absolute atomic E-state index is 12.3. The Labute approximate surface area is 121 Å². The number of aryl methyl sites for hydroxylation is 1. The molecule has 1 aromatic carbocycles. The lowest BCUT2D eigenvalue weighted by atomic mass is 10.2. The van der Waals surface area contributed by atoms with Crippen molar-refractivity contribution in [2.24, 2.45) is 7.05 Å². The van der Waals surface area contributed by atoms with Crippen molar-refractivity contribution < 1.29 is 14.3 Å². The molecule has 1 N–H and O–H groups in total. The molecule has 2 rings (SSSR count). The van der Waals surface area contributed by atoms with Crippen molar-refractivity contribution >= 4 is 11.7 Å². The number of carbonyl (C=O) groups excluding carboxylic acids is 1. The molecule has 0 aliphatic rings. The van der Waals surface area contributed by atoms with Gasteiger partial charge in [0.2, 0.25) is 0 Å². The first-order chi connectivity index (χ1) is 10.1. The predicted molar refractivity (Wildman–Crippen MR) is 75.4 cm³/mol. The molecule has 21 heavy (non-hydrogen) atoms. The van der Waals surface area contributed by atoms with Crippen LogP contribution in [0.1, 0.15) is 15.9 Å². The van der Waals surface area contributed by atoms with Gasteiger partial charge in [0.15, 0.2) is 0 Å². The molecule has 108 valence electrons. The standard InChI is InChI=1S/C14H14N4O3/c1-18-13(10(7-15)8-16-18)17-14(19)9-4-11(20-2)6-12(5-9)21-3/h4-6,8H,1-3H3,(H,17,19). The van der Waals surface area contributed by atoms with Crippen LogP contribution in [0.4, 0.5) is 5.82 Å². The third kappa shape index (κ3) is 2.95. The largest absolute Gasteiger partial charge is 0.497 e. The van der Waals surface area contributed by atoms with Crippen molar-refractivity contribution in [1.29, 1.82) is 5.26 Å². The summed E-state index contributed by atoms with van der Waals surface area (Å²) in [4.78, 5) is 12.3. The number of nitrogens with one attached hydrogen (secondary N) is 1. The van der Waals surface area contributed by atoms with Crippen LogP contribution in [0, 0.1) is 11.3 Å². The minimum Gasteiger partial charge on any atom is -0.497 e. The number of anilines is 1. The Morgan fingerprint density at radius 1 is 1.29 bits per heavy atom. The number of aromatic nitrogens is 2. The van der Waals surface area contributed by atoms with Gasteiger partial charge in [0.1, 0.15) is 28.9 Å². The average molecular weight is 286 g/mol. The fraction of sp³-hybridized carbons (Fsp3) is 0.214. The second-order valence-electron chi connectivity index (χ2n) is 4.20. The summed E-state index contributed by atoms with van der Waals surface area (Å²) in [5, 5.41) is 15.6. The van der Waals surface area contributed by atoms with Crippen LogP contribution in [0.15, 0.2) is 24.4 Å². The van der Waals surface area contributed by atoms with E-state index in [0.29, 0.717) is 28.4 Å². The van der Waals surface area contributed by atoms with Crippen LogP contribution in [0.25, 0.3) is 0 Å². The van der Waals surface area contributed by atoms with Gasteiger partial charge < -0.3 is 14.8 Å². The fourth-order valence-electron chi connectivity index (χ4n) is 1.79. The minimum atomic E-state index is -0.382. The van der Waals surface area contributed by atoms with Gasteiger partial charge in [-0.15, -0.1) is 0 Å². The van der Waals surface area contributed by atoms with Crippen LogP contribution >= 0.6 is 0 Å². The van der Waals surface area contributed by atoms with E-state index in [4.69, 9.17) is 14.7 Å². The number of benzene rings is 1. The Kier molecular flexibility index (Phi) is 4.09. The van der Waals surface area contributed by atoms with Gasteiger partial charge in [0.25, 0.3) is 5.91 Å². The van der Waals surface area contributed by atoms with Crippen molar-refractivity contribution in [2.45, 2.75) is 0 Å². The highest BCUT2D eigenvalue weighted by Crippen LogP contribution is 2.23. The Morgan fingerprint density at radius 2 is 1.90 bits per heavy atom. The number of amides is 1. The highest BCUT2D eigenvalue weighted by atomic mass is 16.5. The third-order valence-corrected chi connectivity index (χ3v) is 2.90. The molecule has 0 spiro atoms. The van der Waals surface area contributed by atoms with Gasteiger partial charge >= 0.3 is 0 Å². The third-order valence-electron chi connectivity index (χ3n) is 2.90. The smallest absolute Gasteiger partial charge is 0.257 e. The van der Waals surface area contributed by atoms with Crippen LogP contribution in [-0.4, -0.2) is 29.9 Å². The monoisotopic (exact) mass is 286 g/mol. The summed E-state index contributed by atoms with van der Waals surface area (Å²) in [6, 6.07) is 6.81. The van der Waals surface area contributed by atoms with Crippen molar-refractivity contribution in [3.05, 3.63) is 35.5 Å². The highest BCUT2D eigenvalue weighted by molar-refractivity contribution is 6.04. The van der Waals surface area contributed by atoms with Gasteiger partial charge in [-0.1, -0.05) is 0 Å². The van der Waals surface area contributed by atoms with Crippen molar-refractivity contribution in [3.8, 4) is 17.6 Å². The summed E-state index contributed by atoms with van der Waals surface area (Å²) in [6.07, 6.45) is 1.39. The molecule has 0 fully saturated rings. The van der Waals surface area contributed by atoms with E-state index in [1.54, 1.807) is 25.2 Å². The molecule has 7 heteroatoms. The zero-order valence-electron chi connectivity index (χ0n) is 11.9. The van der Waals surface area contributed by atoms with E-state index in [2.05, 4.69) is 10.4 Å². The van der Waals surface area contributed by atoms with Crippen molar-refractivity contribution in [1.82, 2.24) is 9.78 Å². The van der Waals surface area contributed by atoms with E-state index < -0.39 is 0 Å². The number of ether oxygens (including phenoxy) is 2. The van der Waals surface area contributed by atoms with Gasteiger partial charge in [-0.3, -0.25) is 9.48 Å². The number of rotatable bonds is 4. The normalized spacial score (nSPS) is 9.81. The molecule has 0 saturated heterocycles. The summed E-state index contributed by atoms with van der Waals surface area (Å²) in [5.74, 6) is 0.964. The van der Waals surface area contributed by atoms with Crippen LogP contribution in [0.3, 0.4) is 0 Å². The molecule has 0 aliphatic carbocycles. The summed E-state index contributed by atoms with van der Waals surface area (Å²) in [6.45, 7) is 0. The quantitative estimate of drug-likeness (QED) is 0.921. The summed E-state index contributed by atoms with van der Waals surface area (Å²) in [5.41, 5.74) is 0.650. The molecule has 1 aromatic heterocycles. The molecule has 1 amide bonds. The summed E-state index contributed by atoms with van der Waals surface area (Å²) in [7, 11) is 4.65. The topological polar surface area (TPSA) is 89.2 Å². The van der Waals surface area contributed by atoms with E-state index in [1.165, 1.54) is 25.1 Å². The predicted octanol–water partition coefficient (Wildman–Crippen LogP) is 1.56. The molecule has 2 aromatic rings. The Morgan fingerprint density at radius 3 is 2.43 bits per heavy atom. The van der Waals surface area contributed by atoms with Crippen molar-refractivity contribution in [2.75, 3.05) is 19.5 Å². The van der Waals surface area contributed by atoms with Gasteiger partial charge in [0.05, 0.1) is 20.4 Å². The zero-order valence-corrected chi connectivity index (χ0v) is 11.9. The van der Waals surface area contributed by atoms with E-state index in [1.807, 2.05) is 6.07 Å². The Bertz CT molecular complexity index is 693. The van der Waals surface area contributed by atoms with Gasteiger partial charge in [0, 0.05) is 18.7 Å². The molecule has 7 nitrogen and oxygen atoms in total. The van der Waals surface area contributed by atoms with E-state index in [0.717, 1.165) is 0 Å². The zero-order chi connectivity index (χ0) is 15.4. The number of hydrogen-bond acceptors (Lipinski definition) is 5. The molecule has 0 atom stereocenters. The average Bonchev–Trinajstić information content (AvgIpc) is 2.86. The lowest BCUT2D eigenvalue weighted by Crippen LogP contribution is -2.15. The summed E-state index contributed by atoms with van der Waals surface area (Å²) >= 11 is 0. The highest BCUT2D eigenvalue weighted by Gasteiger charge is 2.15. The second kappa shape index (κ2) is 5.96. The molecular formula is C14H14N4O3. The molecule has 0 radical (unpaired) electrons. The number of carbonyl (C=O) groups is 1. The minimum absolute atomic E-state index is 0.292. The first-order valence-electron chi connectivity index (χ1n) is 6.05.